The molecule has 34 heavy (non-hydrogen) atoms. The van der Waals surface area contributed by atoms with Gasteiger partial charge in [-0.3, -0.25) is 9.59 Å². The van der Waals surface area contributed by atoms with Crippen molar-refractivity contribution in [2.75, 3.05) is 19.7 Å². The summed E-state index contributed by atoms with van der Waals surface area (Å²) in [5.74, 6) is 1.08. The molecule has 2 N–H and O–H groups in total. The lowest BCUT2D eigenvalue weighted by Crippen LogP contribution is -2.52. The first-order chi connectivity index (χ1) is 16.6. The highest BCUT2D eigenvalue weighted by atomic mass is 16.5. The molecule has 3 heterocycles. The normalized spacial score (nSPS) is 21.1. The third kappa shape index (κ3) is 4.41. The number of benzene rings is 2. The molecule has 178 valence electrons. The topological polar surface area (TPSA) is 74.4 Å². The van der Waals surface area contributed by atoms with E-state index >= 15 is 0 Å². The predicted octanol–water partition coefficient (Wildman–Crippen LogP) is 4.70. The van der Waals surface area contributed by atoms with Gasteiger partial charge in [-0.1, -0.05) is 30.7 Å². The number of carbonyl (C=O) groups excluding carboxylic acids is 2. The molecule has 3 aromatic rings. The largest absolute Gasteiger partial charge is 0.491 e. The SMILES string of the molecule is C[C@@H]1COc2ccccc2CCCCC2(CCN(C(=O)c3cccc4[nH]ccc34)CC2)C(=O)N1. The first-order valence-electron chi connectivity index (χ1n) is 12.4. The first-order valence-corrected chi connectivity index (χ1v) is 12.4. The van der Waals surface area contributed by atoms with Crippen LogP contribution >= 0.6 is 0 Å². The Morgan fingerprint density at radius 1 is 1.03 bits per heavy atom. The average molecular weight is 460 g/mol. The molecule has 1 saturated heterocycles. The van der Waals surface area contributed by atoms with Crippen molar-refractivity contribution in [3.05, 3.63) is 65.9 Å². The molecular weight excluding hydrogens is 426 g/mol. The van der Waals surface area contributed by atoms with E-state index < -0.39 is 5.41 Å². The third-order valence-corrected chi connectivity index (χ3v) is 7.51. The molecule has 6 nitrogen and oxygen atoms in total. The van der Waals surface area contributed by atoms with Crippen molar-refractivity contribution in [2.45, 2.75) is 51.5 Å². The van der Waals surface area contributed by atoms with Crippen LogP contribution in [0.15, 0.2) is 54.7 Å². The van der Waals surface area contributed by atoms with E-state index in [0.717, 1.165) is 47.9 Å². The van der Waals surface area contributed by atoms with Crippen molar-refractivity contribution in [3.8, 4) is 5.75 Å². The van der Waals surface area contributed by atoms with Gasteiger partial charge in [0.25, 0.3) is 5.91 Å². The van der Waals surface area contributed by atoms with E-state index in [1.807, 2.05) is 54.4 Å². The molecule has 1 spiro atoms. The Balaban J connectivity index is 1.30. The lowest BCUT2D eigenvalue weighted by atomic mass is 9.73. The number of aryl methyl sites for hydroxylation is 1. The summed E-state index contributed by atoms with van der Waals surface area (Å²) in [5, 5.41) is 4.16. The minimum absolute atomic E-state index is 0.0481. The Labute approximate surface area is 200 Å². The van der Waals surface area contributed by atoms with Crippen LogP contribution in [0.5, 0.6) is 5.75 Å². The molecule has 0 unspecified atom stereocenters. The van der Waals surface area contributed by atoms with Crippen LogP contribution in [0.4, 0.5) is 0 Å². The van der Waals surface area contributed by atoms with E-state index in [2.05, 4.69) is 22.4 Å². The summed E-state index contributed by atoms with van der Waals surface area (Å²) in [6, 6.07) is 15.9. The number of carbonyl (C=O) groups is 2. The summed E-state index contributed by atoms with van der Waals surface area (Å²) in [6.07, 6.45) is 7.05. The molecule has 0 aliphatic carbocycles. The van der Waals surface area contributed by atoms with Crippen molar-refractivity contribution in [2.24, 2.45) is 5.41 Å². The Morgan fingerprint density at radius 3 is 2.71 bits per heavy atom. The Morgan fingerprint density at radius 2 is 1.85 bits per heavy atom. The third-order valence-electron chi connectivity index (χ3n) is 7.51. The van der Waals surface area contributed by atoms with E-state index in [9.17, 15) is 9.59 Å². The number of H-pyrrole nitrogens is 1. The molecule has 1 fully saturated rings. The summed E-state index contributed by atoms with van der Waals surface area (Å²) in [7, 11) is 0. The Kier molecular flexibility index (Phi) is 6.31. The standard InChI is InChI=1S/C28H33N3O3/c1-20-19-34-25-11-3-2-7-21(25)8-4-5-13-28(27(33)30-20)14-17-31(18-15-28)26(32)23-9-6-10-24-22(23)12-16-29-24/h2-3,6-7,9-12,16,20,29H,4-5,8,13-15,17-19H2,1H3,(H,30,33)/t20-/m1/s1. The summed E-state index contributed by atoms with van der Waals surface area (Å²) in [5.41, 5.74) is 2.50. The van der Waals surface area contributed by atoms with Crippen molar-refractivity contribution >= 4 is 22.7 Å². The molecule has 0 bridgehead atoms. The maximum Gasteiger partial charge on any atom is 0.254 e. The molecule has 5 rings (SSSR count). The number of ether oxygens (including phenoxy) is 1. The van der Waals surface area contributed by atoms with E-state index in [-0.39, 0.29) is 17.9 Å². The van der Waals surface area contributed by atoms with E-state index in [1.165, 1.54) is 5.56 Å². The van der Waals surface area contributed by atoms with Crippen LogP contribution < -0.4 is 10.1 Å². The van der Waals surface area contributed by atoms with Gasteiger partial charge in [0, 0.05) is 35.8 Å². The highest BCUT2D eigenvalue weighted by Crippen LogP contribution is 2.38. The number of likely N-dealkylation sites (tertiary alicyclic amines) is 1. The number of aromatic nitrogens is 1. The monoisotopic (exact) mass is 459 g/mol. The number of rotatable bonds is 1. The summed E-state index contributed by atoms with van der Waals surface area (Å²) in [6.45, 7) is 3.64. The molecule has 2 aliphatic rings. The minimum Gasteiger partial charge on any atom is -0.491 e. The van der Waals surface area contributed by atoms with Crippen LogP contribution in [0, 0.1) is 5.41 Å². The molecule has 0 saturated carbocycles. The number of nitrogens with zero attached hydrogens (tertiary/aromatic N) is 1. The van der Waals surface area contributed by atoms with Gasteiger partial charge in [-0.25, -0.2) is 0 Å². The van der Waals surface area contributed by atoms with Crippen molar-refractivity contribution in [1.29, 1.82) is 0 Å². The second-order valence-electron chi connectivity index (χ2n) is 9.82. The summed E-state index contributed by atoms with van der Waals surface area (Å²) < 4.78 is 6.05. The first kappa shape index (κ1) is 22.5. The lowest BCUT2D eigenvalue weighted by Gasteiger charge is -2.41. The van der Waals surface area contributed by atoms with Gasteiger partial charge in [0.15, 0.2) is 0 Å². The number of fused-ring (bicyclic) bond motifs is 2. The fourth-order valence-corrected chi connectivity index (χ4v) is 5.43. The number of piperidine rings is 1. The lowest BCUT2D eigenvalue weighted by molar-refractivity contribution is -0.135. The fourth-order valence-electron chi connectivity index (χ4n) is 5.43. The second-order valence-corrected chi connectivity index (χ2v) is 9.82. The van der Waals surface area contributed by atoms with Gasteiger partial charge in [-0.2, -0.15) is 0 Å². The zero-order chi connectivity index (χ0) is 23.5. The molecular formula is C28H33N3O3. The van der Waals surface area contributed by atoms with Crippen LogP contribution in [0.1, 0.15) is 54.9 Å². The molecule has 2 aromatic carbocycles. The van der Waals surface area contributed by atoms with E-state index in [4.69, 9.17) is 4.74 Å². The van der Waals surface area contributed by atoms with Crippen LogP contribution in [0.25, 0.3) is 10.9 Å². The number of hydrogen-bond acceptors (Lipinski definition) is 3. The predicted molar refractivity (Wildman–Crippen MR) is 133 cm³/mol. The van der Waals surface area contributed by atoms with Gasteiger partial charge in [-0.15, -0.1) is 0 Å². The highest BCUT2D eigenvalue weighted by Gasteiger charge is 2.42. The van der Waals surface area contributed by atoms with Gasteiger partial charge < -0.3 is 19.9 Å². The molecule has 0 radical (unpaired) electrons. The Hall–Kier alpha value is -3.28. The maximum atomic E-state index is 13.5. The number of amides is 2. The summed E-state index contributed by atoms with van der Waals surface area (Å²) >= 11 is 0. The average Bonchev–Trinajstić information content (AvgIpc) is 3.34. The van der Waals surface area contributed by atoms with Crippen LogP contribution in [0.3, 0.4) is 0 Å². The summed E-state index contributed by atoms with van der Waals surface area (Å²) in [4.78, 5) is 31.9. The highest BCUT2D eigenvalue weighted by molar-refractivity contribution is 6.06. The smallest absolute Gasteiger partial charge is 0.254 e. The zero-order valence-electron chi connectivity index (χ0n) is 19.8. The number of para-hydroxylation sites is 1. The molecule has 6 heteroatoms. The van der Waals surface area contributed by atoms with Gasteiger partial charge in [0.2, 0.25) is 5.91 Å². The van der Waals surface area contributed by atoms with E-state index in [1.54, 1.807) is 0 Å². The van der Waals surface area contributed by atoms with Crippen molar-refractivity contribution in [1.82, 2.24) is 15.2 Å². The molecule has 1 atom stereocenters. The molecule has 1 aromatic heterocycles. The van der Waals surface area contributed by atoms with Crippen LogP contribution in [-0.2, 0) is 11.2 Å². The number of aromatic amines is 1. The number of hydrogen-bond donors (Lipinski definition) is 2. The van der Waals surface area contributed by atoms with Gasteiger partial charge in [0.1, 0.15) is 12.4 Å². The fraction of sp³-hybridized carbons (Fsp3) is 0.429. The Bertz CT molecular complexity index is 1180. The minimum atomic E-state index is -0.427. The molecule has 2 amide bonds. The van der Waals surface area contributed by atoms with Gasteiger partial charge in [-0.05, 0) is 68.9 Å². The van der Waals surface area contributed by atoms with Crippen LogP contribution in [-0.4, -0.2) is 47.4 Å². The number of nitrogens with one attached hydrogen (secondary N) is 2. The van der Waals surface area contributed by atoms with Crippen LogP contribution in [0.2, 0.25) is 0 Å². The maximum absolute atomic E-state index is 13.5. The van der Waals surface area contributed by atoms with Gasteiger partial charge in [0.05, 0.1) is 11.5 Å². The van der Waals surface area contributed by atoms with Gasteiger partial charge >= 0.3 is 0 Å². The molecule has 2 aliphatic heterocycles. The second kappa shape index (κ2) is 9.53. The van der Waals surface area contributed by atoms with Crippen molar-refractivity contribution < 1.29 is 14.3 Å². The van der Waals surface area contributed by atoms with E-state index in [0.29, 0.717) is 32.5 Å². The zero-order valence-corrected chi connectivity index (χ0v) is 19.8. The van der Waals surface area contributed by atoms with Crippen molar-refractivity contribution in [3.63, 3.8) is 0 Å². The quantitative estimate of drug-likeness (QED) is 0.554.